The van der Waals surface area contributed by atoms with Crippen LogP contribution >= 0.6 is 11.3 Å². The highest BCUT2D eigenvalue weighted by molar-refractivity contribution is 7.10. The number of rotatable bonds is 6. The molecule has 2 heterocycles. The summed E-state index contributed by atoms with van der Waals surface area (Å²) >= 11 is 1.77. The Morgan fingerprint density at radius 1 is 1.15 bits per heavy atom. The van der Waals surface area contributed by atoms with Gasteiger partial charge in [-0.1, -0.05) is 19.9 Å². The summed E-state index contributed by atoms with van der Waals surface area (Å²) in [6.07, 6.45) is 1.93. The first-order valence-electron chi connectivity index (χ1n) is 6.99. The van der Waals surface area contributed by atoms with Crippen LogP contribution in [0.4, 0.5) is 5.82 Å². The molecule has 1 atom stereocenters. The molecular formula is C16H22N2OS. The van der Waals surface area contributed by atoms with Crippen LogP contribution in [0, 0.1) is 5.92 Å². The number of ether oxygens (including phenoxy) is 1. The fourth-order valence-corrected chi connectivity index (χ4v) is 2.98. The molecule has 2 aromatic heterocycles. The van der Waals surface area contributed by atoms with Crippen LogP contribution in [-0.4, -0.2) is 11.1 Å². The number of aromatic nitrogens is 1. The maximum absolute atomic E-state index is 5.82. The number of hydrogen-bond acceptors (Lipinski definition) is 4. The van der Waals surface area contributed by atoms with Gasteiger partial charge in [0, 0.05) is 11.1 Å². The molecule has 0 radical (unpaired) electrons. The summed E-state index contributed by atoms with van der Waals surface area (Å²) in [4.78, 5) is 5.75. The molecule has 1 unspecified atom stereocenters. The van der Waals surface area contributed by atoms with Gasteiger partial charge in [-0.15, -0.1) is 11.3 Å². The second kappa shape index (κ2) is 6.75. The molecule has 20 heavy (non-hydrogen) atoms. The molecule has 0 aliphatic rings. The van der Waals surface area contributed by atoms with Crippen LogP contribution < -0.4 is 10.1 Å². The highest BCUT2D eigenvalue weighted by atomic mass is 32.1. The molecule has 0 amide bonds. The third-order valence-corrected chi connectivity index (χ3v) is 3.90. The number of nitrogens with zero attached hydrogens (tertiary/aromatic N) is 1. The van der Waals surface area contributed by atoms with E-state index in [1.807, 2.05) is 26.0 Å². The Morgan fingerprint density at radius 3 is 2.55 bits per heavy atom. The first-order chi connectivity index (χ1) is 9.58. The van der Waals surface area contributed by atoms with Gasteiger partial charge in [0.25, 0.3) is 0 Å². The van der Waals surface area contributed by atoms with E-state index in [1.54, 1.807) is 17.5 Å². The Balaban J connectivity index is 2.23. The lowest BCUT2D eigenvalue weighted by Gasteiger charge is -2.23. The van der Waals surface area contributed by atoms with Crippen LogP contribution in [0.5, 0.6) is 5.75 Å². The molecule has 3 nitrogen and oxygen atoms in total. The molecule has 0 aromatic carbocycles. The van der Waals surface area contributed by atoms with Crippen molar-refractivity contribution in [2.75, 3.05) is 5.32 Å². The lowest BCUT2D eigenvalue weighted by Crippen LogP contribution is -2.18. The fourth-order valence-electron chi connectivity index (χ4n) is 2.03. The third kappa shape index (κ3) is 3.73. The van der Waals surface area contributed by atoms with Crippen LogP contribution in [-0.2, 0) is 0 Å². The van der Waals surface area contributed by atoms with E-state index in [0.717, 1.165) is 11.6 Å². The Kier molecular flexibility index (Phi) is 5.01. The van der Waals surface area contributed by atoms with Crippen molar-refractivity contribution in [2.45, 2.75) is 39.8 Å². The van der Waals surface area contributed by atoms with E-state index in [1.165, 1.54) is 4.88 Å². The number of pyridine rings is 1. The summed E-state index contributed by atoms with van der Waals surface area (Å²) in [5.74, 6) is 2.10. The molecule has 0 fully saturated rings. The van der Waals surface area contributed by atoms with Crippen molar-refractivity contribution < 1.29 is 4.74 Å². The number of nitrogens with one attached hydrogen (secondary N) is 1. The molecule has 0 saturated heterocycles. The van der Waals surface area contributed by atoms with E-state index in [9.17, 15) is 0 Å². The largest absolute Gasteiger partial charge is 0.487 e. The van der Waals surface area contributed by atoms with Gasteiger partial charge in [-0.3, -0.25) is 0 Å². The predicted molar refractivity (Wildman–Crippen MR) is 85.5 cm³/mol. The lowest BCUT2D eigenvalue weighted by molar-refractivity contribution is 0.242. The van der Waals surface area contributed by atoms with Gasteiger partial charge in [0.1, 0.15) is 0 Å². The Hall–Kier alpha value is -1.55. The minimum atomic E-state index is 0.138. The van der Waals surface area contributed by atoms with Crippen LogP contribution in [0.1, 0.15) is 38.6 Å². The normalized spacial score (nSPS) is 12.7. The maximum atomic E-state index is 5.82. The van der Waals surface area contributed by atoms with Crippen molar-refractivity contribution in [3.8, 4) is 5.75 Å². The molecule has 0 spiro atoms. The van der Waals surface area contributed by atoms with Gasteiger partial charge >= 0.3 is 0 Å². The summed E-state index contributed by atoms with van der Waals surface area (Å²) in [5.41, 5.74) is 0. The van der Waals surface area contributed by atoms with E-state index < -0.39 is 0 Å². The van der Waals surface area contributed by atoms with Gasteiger partial charge in [-0.05, 0) is 43.3 Å². The lowest BCUT2D eigenvalue weighted by atomic mass is 10.0. The van der Waals surface area contributed by atoms with Crippen LogP contribution in [0.2, 0.25) is 0 Å². The number of anilines is 1. The maximum Gasteiger partial charge on any atom is 0.169 e. The molecule has 0 saturated carbocycles. The van der Waals surface area contributed by atoms with Crippen LogP contribution in [0.3, 0.4) is 0 Å². The van der Waals surface area contributed by atoms with Crippen molar-refractivity contribution in [2.24, 2.45) is 5.92 Å². The van der Waals surface area contributed by atoms with E-state index >= 15 is 0 Å². The molecule has 0 aliphatic carbocycles. The fraction of sp³-hybridized carbons (Fsp3) is 0.438. The summed E-state index contributed by atoms with van der Waals surface area (Å²) < 4.78 is 5.82. The Morgan fingerprint density at radius 2 is 1.95 bits per heavy atom. The number of thiophene rings is 1. The first-order valence-corrected chi connectivity index (χ1v) is 7.87. The zero-order chi connectivity index (χ0) is 14.5. The molecule has 0 bridgehead atoms. The summed E-state index contributed by atoms with van der Waals surface area (Å²) in [7, 11) is 0. The molecule has 2 rings (SSSR count). The summed E-state index contributed by atoms with van der Waals surface area (Å²) in [5, 5.41) is 5.64. The molecule has 108 valence electrons. The monoisotopic (exact) mass is 290 g/mol. The van der Waals surface area contributed by atoms with Gasteiger partial charge in [-0.25, -0.2) is 4.98 Å². The molecule has 1 N–H and O–H groups in total. The highest BCUT2D eigenvalue weighted by Gasteiger charge is 2.19. The Labute approximate surface area is 125 Å². The zero-order valence-corrected chi connectivity index (χ0v) is 13.3. The molecular weight excluding hydrogens is 268 g/mol. The van der Waals surface area contributed by atoms with E-state index in [-0.39, 0.29) is 12.1 Å². The second-order valence-corrected chi connectivity index (χ2v) is 6.38. The van der Waals surface area contributed by atoms with Gasteiger partial charge in [0.2, 0.25) is 0 Å². The minimum absolute atomic E-state index is 0.138. The Bertz CT molecular complexity index is 523. The van der Waals surface area contributed by atoms with Gasteiger partial charge in [-0.2, -0.15) is 0 Å². The third-order valence-electron chi connectivity index (χ3n) is 2.94. The SMILES string of the molecule is CC(C)Oc1cccnc1NC(c1cccs1)C(C)C. The van der Waals surface area contributed by atoms with Crippen molar-refractivity contribution in [1.82, 2.24) is 4.98 Å². The van der Waals surface area contributed by atoms with Crippen molar-refractivity contribution >= 4 is 17.2 Å². The van der Waals surface area contributed by atoms with Crippen LogP contribution in [0.25, 0.3) is 0 Å². The molecule has 2 aromatic rings. The minimum Gasteiger partial charge on any atom is -0.487 e. The number of hydrogen-bond donors (Lipinski definition) is 1. The van der Waals surface area contributed by atoms with Crippen LogP contribution in [0.15, 0.2) is 35.8 Å². The quantitative estimate of drug-likeness (QED) is 0.834. The zero-order valence-electron chi connectivity index (χ0n) is 12.5. The predicted octanol–water partition coefficient (Wildman–Crippen LogP) is 4.74. The first kappa shape index (κ1) is 14.9. The van der Waals surface area contributed by atoms with E-state index in [0.29, 0.717) is 5.92 Å². The van der Waals surface area contributed by atoms with E-state index in [2.05, 4.69) is 41.7 Å². The molecule has 0 aliphatic heterocycles. The average Bonchev–Trinajstić information content (AvgIpc) is 2.90. The topological polar surface area (TPSA) is 34.1 Å². The second-order valence-electron chi connectivity index (χ2n) is 5.40. The van der Waals surface area contributed by atoms with Crippen molar-refractivity contribution in [1.29, 1.82) is 0 Å². The van der Waals surface area contributed by atoms with Gasteiger partial charge < -0.3 is 10.1 Å². The highest BCUT2D eigenvalue weighted by Crippen LogP contribution is 2.32. The smallest absolute Gasteiger partial charge is 0.169 e. The van der Waals surface area contributed by atoms with Gasteiger partial charge in [0.15, 0.2) is 11.6 Å². The van der Waals surface area contributed by atoms with Gasteiger partial charge in [0.05, 0.1) is 12.1 Å². The molecule has 4 heteroatoms. The average molecular weight is 290 g/mol. The van der Waals surface area contributed by atoms with Crippen molar-refractivity contribution in [3.63, 3.8) is 0 Å². The summed E-state index contributed by atoms with van der Waals surface area (Å²) in [6.45, 7) is 8.47. The summed E-state index contributed by atoms with van der Waals surface area (Å²) in [6, 6.07) is 8.36. The standard InChI is InChI=1S/C16H22N2OS/c1-11(2)15(14-8-6-10-20-14)18-16-13(19-12(3)4)7-5-9-17-16/h5-12,15H,1-4H3,(H,17,18). The van der Waals surface area contributed by atoms with E-state index in [4.69, 9.17) is 4.74 Å². The van der Waals surface area contributed by atoms with Crippen molar-refractivity contribution in [3.05, 3.63) is 40.7 Å².